The van der Waals surface area contributed by atoms with Crippen molar-refractivity contribution in [3.05, 3.63) is 35.4 Å². The van der Waals surface area contributed by atoms with Crippen molar-refractivity contribution in [1.82, 2.24) is 4.90 Å². The van der Waals surface area contributed by atoms with Crippen LogP contribution in [-0.4, -0.2) is 37.2 Å². The third-order valence-electron chi connectivity index (χ3n) is 4.19. The smallest absolute Gasteiger partial charge is 0.0702 e. The summed E-state index contributed by atoms with van der Waals surface area (Å²) < 4.78 is 5.69. The number of benzene rings is 1. The van der Waals surface area contributed by atoms with Gasteiger partial charge in [0.25, 0.3) is 0 Å². The molecule has 1 saturated heterocycles. The fourth-order valence-corrected chi connectivity index (χ4v) is 2.62. The standard InChI is InChI=1S/C16H26N2O/c1-12-6-8-14(9-7-12)16(17)13(2)18(3)11-15-5-4-10-19-15/h6-9,13,15-16H,4-5,10-11,17H2,1-3H3. The molecule has 1 aliphatic rings. The predicted octanol–water partition coefficient (Wildman–Crippen LogP) is 2.49. The highest BCUT2D eigenvalue weighted by molar-refractivity contribution is 5.24. The summed E-state index contributed by atoms with van der Waals surface area (Å²) in [4.78, 5) is 2.32. The Morgan fingerprint density at radius 1 is 1.37 bits per heavy atom. The lowest BCUT2D eigenvalue weighted by molar-refractivity contribution is 0.0664. The van der Waals surface area contributed by atoms with Crippen LogP contribution in [0.4, 0.5) is 0 Å². The van der Waals surface area contributed by atoms with Gasteiger partial charge in [-0.1, -0.05) is 29.8 Å². The number of rotatable bonds is 5. The van der Waals surface area contributed by atoms with Crippen LogP contribution in [0.2, 0.25) is 0 Å². The van der Waals surface area contributed by atoms with Crippen LogP contribution in [0.1, 0.15) is 36.9 Å². The van der Waals surface area contributed by atoms with Gasteiger partial charge in [0.2, 0.25) is 0 Å². The minimum atomic E-state index is 0.0482. The zero-order valence-electron chi connectivity index (χ0n) is 12.3. The summed E-state index contributed by atoms with van der Waals surface area (Å²) in [6.07, 6.45) is 2.76. The lowest BCUT2D eigenvalue weighted by atomic mass is 9.99. The van der Waals surface area contributed by atoms with Crippen LogP contribution in [0.25, 0.3) is 0 Å². The maximum atomic E-state index is 6.38. The Hall–Kier alpha value is -0.900. The van der Waals surface area contributed by atoms with E-state index in [9.17, 15) is 0 Å². The van der Waals surface area contributed by atoms with Gasteiger partial charge >= 0.3 is 0 Å². The minimum Gasteiger partial charge on any atom is -0.377 e. The first-order valence-electron chi connectivity index (χ1n) is 7.22. The molecule has 19 heavy (non-hydrogen) atoms. The van der Waals surface area contributed by atoms with E-state index in [1.165, 1.54) is 24.0 Å². The summed E-state index contributed by atoms with van der Waals surface area (Å²) >= 11 is 0. The molecule has 3 nitrogen and oxygen atoms in total. The van der Waals surface area contributed by atoms with E-state index in [0.717, 1.165) is 13.2 Å². The second-order valence-corrected chi connectivity index (χ2v) is 5.75. The van der Waals surface area contributed by atoms with Gasteiger partial charge in [-0.25, -0.2) is 0 Å². The summed E-state index contributed by atoms with van der Waals surface area (Å²) in [5.41, 5.74) is 8.86. The lowest BCUT2D eigenvalue weighted by Crippen LogP contribution is -2.41. The summed E-state index contributed by atoms with van der Waals surface area (Å²) in [6.45, 7) is 6.18. The average Bonchev–Trinajstić information content (AvgIpc) is 2.90. The van der Waals surface area contributed by atoms with Crippen molar-refractivity contribution in [2.75, 3.05) is 20.2 Å². The molecule has 1 fully saturated rings. The number of aryl methyl sites for hydroxylation is 1. The number of likely N-dealkylation sites (N-methyl/N-ethyl adjacent to an activating group) is 1. The first-order valence-corrected chi connectivity index (χ1v) is 7.22. The number of hydrogen-bond acceptors (Lipinski definition) is 3. The normalized spacial score (nSPS) is 22.7. The highest BCUT2D eigenvalue weighted by Crippen LogP contribution is 2.20. The number of nitrogens with two attached hydrogens (primary N) is 1. The molecule has 3 unspecified atom stereocenters. The summed E-state index contributed by atoms with van der Waals surface area (Å²) in [5, 5.41) is 0. The van der Waals surface area contributed by atoms with Crippen LogP contribution in [-0.2, 0) is 4.74 Å². The molecule has 0 aliphatic carbocycles. The molecule has 1 aliphatic heterocycles. The summed E-state index contributed by atoms with van der Waals surface area (Å²) in [6, 6.07) is 8.88. The molecule has 106 valence electrons. The Bertz CT molecular complexity index is 384. The van der Waals surface area contributed by atoms with Crippen molar-refractivity contribution in [2.24, 2.45) is 5.73 Å². The maximum Gasteiger partial charge on any atom is 0.0702 e. The summed E-state index contributed by atoms with van der Waals surface area (Å²) in [5.74, 6) is 0. The van der Waals surface area contributed by atoms with Crippen LogP contribution >= 0.6 is 0 Å². The fraction of sp³-hybridized carbons (Fsp3) is 0.625. The van der Waals surface area contributed by atoms with Crippen molar-refractivity contribution in [3.63, 3.8) is 0 Å². The Morgan fingerprint density at radius 3 is 2.63 bits per heavy atom. The molecule has 2 rings (SSSR count). The molecule has 0 bridgehead atoms. The van der Waals surface area contributed by atoms with E-state index in [4.69, 9.17) is 10.5 Å². The Balaban J connectivity index is 1.93. The van der Waals surface area contributed by atoms with E-state index in [0.29, 0.717) is 12.1 Å². The van der Waals surface area contributed by atoms with Gasteiger partial charge in [0.15, 0.2) is 0 Å². The largest absolute Gasteiger partial charge is 0.377 e. The van der Waals surface area contributed by atoms with Crippen LogP contribution in [0.15, 0.2) is 24.3 Å². The number of hydrogen-bond donors (Lipinski definition) is 1. The molecule has 0 amide bonds. The first kappa shape index (κ1) is 14.5. The SMILES string of the molecule is Cc1ccc(C(N)C(C)N(C)CC2CCCO2)cc1. The van der Waals surface area contributed by atoms with Crippen molar-refractivity contribution >= 4 is 0 Å². The van der Waals surface area contributed by atoms with Crippen LogP contribution in [0, 0.1) is 6.92 Å². The number of ether oxygens (including phenoxy) is 1. The molecule has 3 atom stereocenters. The molecule has 3 heteroatoms. The van der Waals surface area contributed by atoms with Crippen LogP contribution < -0.4 is 5.73 Å². The minimum absolute atomic E-state index is 0.0482. The second kappa shape index (κ2) is 6.51. The Kier molecular flexibility index (Phi) is 4.97. The summed E-state index contributed by atoms with van der Waals surface area (Å²) in [7, 11) is 2.14. The molecule has 0 radical (unpaired) electrons. The predicted molar refractivity (Wildman–Crippen MR) is 79.2 cm³/mol. The number of nitrogens with zero attached hydrogens (tertiary/aromatic N) is 1. The van der Waals surface area contributed by atoms with E-state index < -0.39 is 0 Å². The fourth-order valence-electron chi connectivity index (χ4n) is 2.62. The zero-order valence-corrected chi connectivity index (χ0v) is 12.3. The van der Waals surface area contributed by atoms with E-state index in [-0.39, 0.29) is 6.04 Å². The molecule has 2 N–H and O–H groups in total. The van der Waals surface area contributed by atoms with Gasteiger partial charge in [-0.15, -0.1) is 0 Å². The zero-order chi connectivity index (χ0) is 13.8. The molecule has 0 aromatic heterocycles. The van der Waals surface area contributed by atoms with Gasteiger partial charge in [0.05, 0.1) is 6.10 Å². The molecule has 0 spiro atoms. The third-order valence-corrected chi connectivity index (χ3v) is 4.19. The van der Waals surface area contributed by atoms with Crippen molar-refractivity contribution in [1.29, 1.82) is 0 Å². The van der Waals surface area contributed by atoms with E-state index in [2.05, 4.69) is 50.1 Å². The van der Waals surface area contributed by atoms with Gasteiger partial charge in [-0.05, 0) is 39.3 Å². The van der Waals surface area contributed by atoms with Gasteiger partial charge in [-0.3, -0.25) is 4.90 Å². The molecular formula is C16H26N2O. The van der Waals surface area contributed by atoms with Gasteiger partial charge < -0.3 is 10.5 Å². The Labute approximate surface area is 116 Å². The molecule has 0 saturated carbocycles. The van der Waals surface area contributed by atoms with E-state index >= 15 is 0 Å². The van der Waals surface area contributed by atoms with E-state index in [1.807, 2.05) is 0 Å². The van der Waals surface area contributed by atoms with Crippen molar-refractivity contribution < 1.29 is 4.74 Å². The van der Waals surface area contributed by atoms with E-state index in [1.54, 1.807) is 0 Å². The highest BCUT2D eigenvalue weighted by Gasteiger charge is 2.23. The van der Waals surface area contributed by atoms with Crippen molar-refractivity contribution in [2.45, 2.75) is 44.9 Å². The maximum absolute atomic E-state index is 6.38. The molecular weight excluding hydrogens is 236 g/mol. The van der Waals surface area contributed by atoms with Gasteiger partial charge in [0.1, 0.15) is 0 Å². The average molecular weight is 262 g/mol. The van der Waals surface area contributed by atoms with Crippen LogP contribution in [0.5, 0.6) is 0 Å². The molecule has 1 aromatic rings. The monoisotopic (exact) mass is 262 g/mol. The molecule has 1 heterocycles. The lowest BCUT2D eigenvalue weighted by Gasteiger charge is -2.31. The Morgan fingerprint density at radius 2 is 2.05 bits per heavy atom. The van der Waals surface area contributed by atoms with Gasteiger partial charge in [-0.2, -0.15) is 0 Å². The quantitative estimate of drug-likeness (QED) is 0.886. The molecule has 1 aromatic carbocycles. The first-order chi connectivity index (χ1) is 9.08. The third kappa shape index (κ3) is 3.78. The highest BCUT2D eigenvalue weighted by atomic mass is 16.5. The van der Waals surface area contributed by atoms with Crippen LogP contribution in [0.3, 0.4) is 0 Å². The topological polar surface area (TPSA) is 38.5 Å². The second-order valence-electron chi connectivity index (χ2n) is 5.75. The van der Waals surface area contributed by atoms with Crippen molar-refractivity contribution in [3.8, 4) is 0 Å². The van der Waals surface area contributed by atoms with Gasteiger partial charge in [0, 0.05) is 25.2 Å².